The first-order valence-electron chi connectivity index (χ1n) is 10.8. The van der Waals surface area contributed by atoms with Gasteiger partial charge in [0.15, 0.2) is 5.13 Å². The molecule has 35 heavy (non-hydrogen) atoms. The molecule has 0 atom stereocenters. The summed E-state index contributed by atoms with van der Waals surface area (Å²) in [5.74, 6) is 0.0536. The number of nitrogens with one attached hydrogen (secondary N) is 2. The molecule has 5 aromatic rings. The number of imidazole rings is 1. The molecule has 9 nitrogen and oxygen atoms in total. The summed E-state index contributed by atoms with van der Waals surface area (Å²) in [6, 6.07) is 12.3. The quantitative estimate of drug-likeness (QED) is 0.333. The first-order chi connectivity index (χ1) is 16.7. The number of thiazole rings is 1. The largest absolute Gasteiger partial charge is 0.332 e. The normalized spacial score (nSPS) is 11.7. The van der Waals surface area contributed by atoms with Crippen LogP contribution in [-0.2, 0) is 10.0 Å². The molecule has 178 valence electrons. The number of aryl methyl sites for hydroxylation is 4. The van der Waals surface area contributed by atoms with Crippen molar-refractivity contribution in [1.82, 2.24) is 24.3 Å². The lowest BCUT2D eigenvalue weighted by molar-refractivity contribution is 0.601. The molecule has 0 bridgehead atoms. The van der Waals surface area contributed by atoms with E-state index >= 15 is 0 Å². The number of fused-ring (bicyclic) bond motifs is 1. The number of benzene rings is 1. The molecule has 0 aliphatic carbocycles. The van der Waals surface area contributed by atoms with Gasteiger partial charge in [-0.3, -0.25) is 4.40 Å². The zero-order valence-corrected chi connectivity index (χ0v) is 21.2. The highest BCUT2D eigenvalue weighted by Gasteiger charge is 2.17. The maximum atomic E-state index is 12.8. The van der Waals surface area contributed by atoms with Crippen LogP contribution in [0.1, 0.15) is 22.6 Å². The van der Waals surface area contributed by atoms with Crippen LogP contribution in [-0.4, -0.2) is 32.8 Å². The predicted molar refractivity (Wildman–Crippen MR) is 138 cm³/mol. The van der Waals surface area contributed by atoms with Crippen LogP contribution >= 0.6 is 11.3 Å². The summed E-state index contributed by atoms with van der Waals surface area (Å²) in [5, 5.41) is 5.91. The summed E-state index contributed by atoms with van der Waals surface area (Å²) in [6.45, 7) is 7.59. The average molecular weight is 506 g/mol. The van der Waals surface area contributed by atoms with Gasteiger partial charge in [-0.05, 0) is 75.7 Å². The molecule has 0 saturated carbocycles. The molecule has 11 heteroatoms. The van der Waals surface area contributed by atoms with Crippen molar-refractivity contribution < 1.29 is 8.42 Å². The summed E-state index contributed by atoms with van der Waals surface area (Å²) in [5.41, 5.74) is 6.81. The van der Waals surface area contributed by atoms with E-state index < -0.39 is 10.0 Å². The lowest BCUT2D eigenvalue weighted by Gasteiger charge is -2.09. The molecule has 0 unspecified atom stereocenters. The first-order valence-corrected chi connectivity index (χ1v) is 13.2. The van der Waals surface area contributed by atoms with Crippen molar-refractivity contribution in [1.29, 1.82) is 0 Å². The zero-order valence-electron chi connectivity index (χ0n) is 19.6. The number of anilines is 3. The Labute approximate surface area is 207 Å². The Hall–Kier alpha value is -3.83. The SMILES string of the molecule is Cc1ccn2c(-c3csc(Nc4ccc(S(=O)(=O)Nc5nc(C)cc(C)n5)cc4)n3)c(C)nc2c1. The molecule has 0 spiro atoms. The van der Waals surface area contributed by atoms with Gasteiger partial charge in [0.1, 0.15) is 11.3 Å². The van der Waals surface area contributed by atoms with E-state index in [-0.39, 0.29) is 10.8 Å². The molecule has 5 rings (SSSR count). The first kappa shape index (κ1) is 22.9. The van der Waals surface area contributed by atoms with Crippen LogP contribution < -0.4 is 10.0 Å². The molecule has 0 radical (unpaired) electrons. The van der Waals surface area contributed by atoms with Crippen molar-refractivity contribution in [2.75, 3.05) is 10.0 Å². The van der Waals surface area contributed by atoms with Crippen molar-refractivity contribution in [2.45, 2.75) is 32.6 Å². The predicted octanol–water partition coefficient (Wildman–Crippen LogP) is 5.03. The van der Waals surface area contributed by atoms with Crippen LogP contribution in [0.5, 0.6) is 0 Å². The van der Waals surface area contributed by atoms with Crippen LogP contribution in [0.15, 0.2) is 58.9 Å². The number of pyridine rings is 1. The van der Waals surface area contributed by atoms with E-state index in [2.05, 4.69) is 25.0 Å². The van der Waals surface area contributed by atoms with Crippen molar-refractivity contribution in [2.24, 2.45) is 0 Å². The van der Waals surface area contributed by atoms with E-state index in [1.54, 1.807) is 32.0 Å². The zero-order chi connectivity index (χ0) is 24.7. The standard InChI is InChI=1S/C24H23N7O2S2/c1-14-9-10-31-21(11-14)27-17(4)22(31)20-13-34-24(29-20)28-18-5-7-19(8-6-18)35(32,33)30-23-25-15(2)12-16(3)26-23/h5-13H,1-4H3,(H,28,29)(H,25,26,30). The average Bonchev–Trinajstić information content (AvgIpc) is 3.35. The molecule has 2 N–H and O–H groups in total. The number of aromatic nitrogens is 5. The molecule has 0 aliphatic heterocycles. The Morgan fingerprint density at radius 2 is 1.60 bits per heavy atom. The fraction of sp³-hybridized carbons (Fsp3) is 0.167. The second kappa shape index (κ2) is 8.75. The van der Waals surface area contributed by atoms with Crippen molar-refractivity contribution in [3.63, 3.8) is 0 Å². The Kier molecular flexibility index (Phi) is 5.73. The van der Waals surface area contributed by atoms with E-state index in [1.165, 1.54) is 23.5 Å². The third-order valence-electron chi connectivity index (χ3n) is 5.33. The number of hydrogen-bond acceptors (Lipinski definition) is 8. The monoisotopic (exact) mass is 505 g/mol. The van der Waals surface area contributed by atoms with Gasteiger partial charge in [0, 0.05) is 28.7 Å². The van der Waals surface area contributed by atoms with E-state index in [4.69, 9.17) is 4.98 Å². The van der Waals surface area contributed by atoms with Crippen LogP contribution in [0.25, 0.3) is 17.0 Å². The van der Waals surface area contributed by atoms with Crippen LogP contribution in [0.2, 0.25) is 0 Å². The molecule has 0 aliphatic rings. The van der Waals surface area contributed by atoms with Gasteiger partial charge in [0.25, 0.3) is 10.0 Å². The van der Waals surface area contributed by atoms with E-state index in [1.807, 2.05) is 42.0 Å². The second-order valence-electron chi connectivity index (χ2n) is 8.25. The topological polar surface area (TPSA) is 114 Å². The number of nitrogens with zero attached hydrogens (tertiary/aromatic N) is 5. The lowest BCUT2D eigenvalue weighted by Crippen LogP contribution is -2.15. The smallest absolute Gasteiger partial charge is 0.264 e. The fourth-order valence-corrected chi connectivity index (χ4v) is 5.46. The Morgan fingerprint density at radius 3 is 2.31 bits per heavy atom. The summed E-state index contributed by atoms with van der Waals surface area (Å²) in [7, 11) is -3.82. The van der Waals surface area contributed by atoms with Gasteiger partial charge < -0.3 is 5.32 Å². The van der Waals surface area contributed by atoms with Gasteiger partial charge in [-0.25, -0.2) is 33.1 Å². The Bertz CT molecular complexity index is 1640. The third kappa shape index (κ3) is 4.73. The minimum Gasteiger partial charge on any atom is -0.332 e. The van der Waals surface area contributed by atoms with Gasteiger partial charge in [-0.1, -0.05) is 0 Å². The van der Waals surface area contributed by atoms with Gasteiger partial charge in [-0.2, -0.15) is 0 Å². The van der Waals surface area contributed by atoms with E-state index in [9.17, 15) is 8.42 Å². The fourth-order valence-electron chi connectivity index (χ4n) is 3.80. The summed E-state index contributed by atoms with van der Waals surface area (Å²) < 4.78 is 30.0. The molecular weight excluding hydrogens is 482 g/mol. The molecule has 1 aromatic carbocycles. The lowest BCUT2D eigenvalue weighted by atomic mass is 10.2. The van der Waals surface area contributed by atoms with Crippen molar-refractivity contribution >= 4 is 43.8 Å². The molecule has 4 aromatic heterocycles. The second-order valence-corrected chi connectivity index (χ2v) is 10.8. The number of sulfonamides is 1. The minimum absolute atomic E-state index is 0.0536. The summed E-state index contributed by atoms with van der Waals surface area (Å²) in [4.78, 5) is 17.8. The summed E-state index contributed by atoms with van der Waals surface area (Å²) >= 11 is 1.47. The maximum absolute atomic E-state index is 12.8. The highest BCUT2D eigenvalue weighted by Crippen LogP contribution is 2.30. The molecule has 4 heterocycles. The van der Waals surface area contributed by atoms with E-state index in [0.717, 1.165) is 34.0 Å². The summed E-state index contributed by atoms with van der Waals surface area (Å²) in [6.07, 6.45) is 2.00. The third-order valence-corrected chi connectivity index (χ3v) is 7.43. The molecule has 0 saturated heterocycles. The van der Waals surface area contributed by atoms with Crippen LogP contribution in [0, 0.1) is 27.7 Å². The van der Waals surface area contributed by atoms with Gasteiger partial charge in [-0.15, -0.1) is 11.3 Å². The van der Waals surface area contributed by atoms with Crippen molar-refractivity contribution in [3.8, 4) is 11.4 Å². The highest BCUT2D eigenvalue weighted by molar-refractivity contribution is 7.92. The van der Waals surface area contributed by atoms with Crippen molar-refractivity contribution in [3.05, 3.63) is 76.7 Å². The number of hydrogen-bond donors (Lipinski definition) is 2. The number of rotatable bonds is 6. The Balaban J connectivity index is 1.34. The van der Waals surface area contributed by atoms with Gasteiger partial charge in [0.05, 0.1) is 16.3 Å². The highest BCUT2D eigenvalue weighted by atomic mass is 32.2. The van der Waals surface area contributed by atoms with Crippen LogP contribution in [0.4, 0.5) is 16.8 Å². The van der Waals surface area contributed by atoms with Crippen LogP contribution in [0.3, 0.4) is 0 Å². The van der Waals surface area contributed by atoms with E-state index in [0.29, 0.717) is 16.5 Å². The molecule has 0 fully saturated rings. The van der Waals surface area contributed by atoms with Gasteiger partial charge >= 0.3 is 0 Å². The molecular formula is C24H23N7O2S2. The maximum Gasteiger partial charge on any atom is 0.264 e. The van der Waals surface area contributed by atoms with Gasteiger partial charge in [0.2, 0.25) is 5.95 Å². The minimum atomic E-state index is -3.82. The molecule has 0 amide bonds. The Morgan fingerprint density at radius 1 is 0.886 bits per heavy atom.